The third-order valence-electron chi connectivity index (χ3n) is 7.52. The Kier molecular flexibility index (Phi) is 7.73. The fourth-order valence-corrected chi connectivity index (χ4v) is 6.60. The molecule has 0 saturated carbocycles. The Balaban J connectivity index is 1.34. The molecule has 1 N–H and O–H groups in total. The number of benzene rings is 2. The normalized spacial score (nSPS) is 16.4. The molecule has 8 nitrogen and oxygen atoms in total. The first-order valence-electron chi connectivity index (χ1n) is 13.5. The summed E-state index contributed by atoms with van der Waals surface area (Å²) in [5.74, 6) is 0. The van der Waals surface area contributed by atoms with Gasteiger partial charge in [-0.2, -0.15) is 0 Å². The first-order valence-corrected chi connectivity index (χ1v) is 14.7. The average Bonchev–Trinajstić information content (AvgIpc) is 3.49. The zero-order valence-electron chi connectivity index (χ0n) is 23.0. The van der Waals surface area contributed by atoms with Gasteiger partial charge in [-0.25, -0.2) is 0 Å². The van der Waals surface area contributed by atoms with Gasteiger partial charge >= 0.3 is 0 Å². The number of nitro benzene ring substituents is 1. The third kappa shape index (κ3) is 5.50. The maximum atomic E-state index is 11.0. The molecular weight excluding hydrogens is 565 g/mol. The topological polar surface area (TPSA) is 89.1 Å². The number of anilines is 1. The molecule has 1 saturated heterocycles. The van der Waals surface area contributed by atoms with Crippen LogP contribution in [0.1, 0.15) is 40.3 Å². The number of nitrogens with one attached hydrogen (secondary N) is 1. The second-order valence-corrected chi connectivity index (χ2v) is 11.6. The second-order valence-electron chi connectivity index (χ2n) is 10.1. The molecular formula is C32H28N6O2S2. The van der Waals surface area contributed by atoms with Crippen molar-refractivity contribution in [2.24, 2.45) is 0 Å². The van der Waals surface area contributed by atoms with Crippen LogP contribution in [0, 0.1) is 24.0 Å². The van der Waals surface area contributed by atoms with E-state index in [1.54, 1.807) is 23.9 Å². The molecule has 1 aliphatic rings. The quantitative estimate of drug-likeness (QED) is 0.115. The molecule has 42 heavy (non-hydrogen) atoms. The molecule has 2 aromatic carbocycles. The van der Waals surface area contributed by atoms with Gasteiger partial charge in [0.15, 0.2) is 5.11 Å². The highest BCUT2D eigenvalue weighted by Gasteiger charge is 2.42. The number of nitrogens with zero attached hydrogens (tertiary/aromatic N) is 5. The second kappa shape index (κ2) is 11.8. The predicted molar refractivity (Wildman–Crippen MR) is 169 cm³/mol. The molecule has 0 radical (unpaired) electrons. The summed E-state index contributed by atoms with van der Waals surface area (Å²) in [6.07, 6.45) is 5.47. The Labute approximate surface area is 253 Å². The van der Waals surface area contributed by atoms with Crippen molar-refractivity contribution in [2.45, 2.75) is 42.3 Å². The standard InChI is InChI=1S/C32H28N6O2S2/c1-21-19-28(22(2)36(21)20-23-14-17-33-18-15-23)31-30(29-5-3-4-16-34-29)35-32(41)37(31)24-6-10-26(11-7-24)42-27-12-8-25(9-13-27)38(39)40/h3-19,30-31H,20H2,1-2H3,(H,35,41). The van der Waals surface area contributed by atoms with Crippen molar-refractivity contribution in [2.75, 3.05) is 4.90 Å². The number of nitro groups is 1. The van der Waals surface area contributed by atoms with E-state index >= 15 is 0 Å². The molecule has 2 unspecified atom stereocenters. The van der Waals surface area contributed by atoms with Crippen LogP contribution in [0.4, 0.5) is 11.4 Å². The Morgan fingerprint density at radius 3 is 2.29 bits per heavy atom. The van der Waals surface area contributed by atoms with Gasteiger partial charge in [0, 0.05) is 64.1 Å². The van der Waals surface area contributed by atoms with Crippen LogP contribution in [-0.4, -0.2) is 24.6 Å². The van der Waals surface area contributed by atoms with Crippen molar-refractivity contribution in [1.29, 1.82) is 0 Å². The Hall–Kier alpha value is -4.54. The number of hydrogen-bond acceptors (Lipinski definition) is 6. The van der Waals surface area contributed by atoms with E-state index in [9.17, 15) is 10.1 Å². The molecule has 1 aliphatic heterocycles. The SMILES string of the molecule is Cc1cc(C2C(c3ccccn3)NC(=S)N2c2ccc(Sc3ccc([N+](=O)[O-])cc3)cc2)c(C)n1Cc1ccncc1. The number of pyridine rings is 2. The minimum atomic E-state index is -0.387. The molecule has 3 aromatic heterocycles. The molecule has 0 spiro atoms. The summed E-state index contributed by atoms with van der Waals surface area (Å²) in [6.45, 7) is 5.07. The maximum absolute atomic E-state index is 11.0. The van der Waals surface area contributed by atoms with Gasteiger partial charge in [0.2, 0.25) is 0 Å². The lowest BCUT2D eigenvalue weighted by Crippen LogP contribution is -2.29. The first-order chi connectivity index (χ1) is 20.4. The van der Waals surface area contributed by atoms with Gasteiger partial charge in [0.1, 0.15) is 0 Å². The van der Waals surface area contributed by atoms with Crippen LogP contribution in [0.5, 0.6) is 0 Å². The van der Waals surface area contributed by atoms with Crippen molar-refractivity contribution in [1.82, 2.24) is 19.9 Å². The molecule has 10 heteroatoms. The van der Waals surface area contributed by atoms with Gasteiger partial charge in [0.05, 0.1) is 22.7 Å². The molecule has 1 fully saturated rings. The van der Waals surface area contributed by atoms with Crippen LogP contribution < -0.4 is 10.2 Å². The van der Waals surface area contributed by atoms with Crippen molar-refractivity contribution in [3.63, 3.8) is 0 Å². The lowest BCUT2D eigenvalue weighted by Gasteiger charge is -2.28. The lowest BCUT2D eigenvalue weighted by molar-refractivity contribution is -0.384. The third-order valence-corrected chi connectivity index (χ3v) is 8.85. The van der Waals surface area contributed by atoms with Gasteiger partial charge in [-0.1, -0.05) is 17.8 Å². The van der Waals surface area contributed by atoms with E-state index in [-0.39, 0.29) is 22.7 Å². The Bertz CT molecular complexity index is 1730. The zero-order chi connectivity index (χ0) is 29.2. The molecule has 210 valence electrons. The van der Waals surface area contributed by atoms with Crippen LogP contribution in [-0.2, 0) is 6.54 Å². The Morgan fingerprint density at radius 2 is 1.64 bits per heavy atom. The predicted octanol–water partition coefficient (Wildman–Crippen LogP) is 7.18. The number of hydrogen-bond donors (Lipinski definition) is 1. The number of aryl methyl sites for hydroxylation is 1. The van der Waals surface area contributed by atoms with Crippen LogP contribution in [0.15, 0.2) is 113 Å². The summed E-state index contributed by atoms with van der Waals surface area (Å²) >= 11 is 7.50. The van der Waals surface area contributed by atoms with Crippen molar-refractivity contribution >= 4 is 40.5 Å². The summed E-state index contributed by atoms with van der Waals surface area (Å²) in [5.41, 5.74) is 6.72. The van der Waals surface area contributed by atoms with Gasteiger partial charge < -0.3 is 14.8 Å². The molecule has 5 aromatic rings. The fourth-order valence-electron chi connectivity index (χ4n) is 5.44. The number of thiocarbonyl (C=S) groups is 1. The highest BCUT2D eigenvalue weighted by molar-refractivity contribution is 7.99. The maximum Gasteiger partial charge on any atom is 0.269 e. The van der Waals surface area contributed by atoms with Crippen molar-refractivity contribution in [3.8, 4) is 0 Å². The summed E-state index contributed by atoms with van der Waals surface area (Å²) in [5, 5.41) is 15.2. The molecule has 2 atom stereocenters. The van der Waals surface area contributed by atoms with E-state index in [1.807, 2.05) is 48.9 Å². The fraction of sp³-hybridized carbons (Fsp3) is 0.156. The van der Waals surface area contributed by atoms with E-state index in [1.165, 1.54) is 34.6 Å². The van der Waals surface area contributed by atoms with Crippen LogP contribution in [0.3, 0.4) is 0 Å². The summed E-state index contributed by atoms with van der Waals surface area (Å²) < 4.78 is 2.34. The van der Waals surface area contributed by atoms with Crippen molar-refractivity contribution in [3.05, 3.63) is 142 Å². The highest BCUT2D eigenvalue weighted by Crippen LogP contribution is 2.44. The molecule has 4 heterocycles. The van der Waals surface area contributed by atoms with Gasteiger partial charge in [0.25, 0.3) is 5.69 Å². The van der Waals surface area contributed by atoms with Crippen LogP contribution in [0.25, 0.3) is 0 Å². The average molecular weight is 593 g/mol. The smallest absolute Gasteiger partial charge is 0.269 e. The summed E-state index contributed by atoms with van der Waals surface area (Å²) in [7, 11) is 0. The molecule has 0 amide bonds. The van der Waals surface area contributed by atoms with E-state index in [4.69, 9.17) is 17.2 Å². The monoisotopic (exact) mass is 592 g/mol. The van der Waals surface area contributed by atoms with Crippen LogP contribution in [0.2, 0.25) is 0 Å². The van der Waals surface area contributed by atoms with E-state index in [0.29, 0.717) is 5.11 Å². The number of aromatic nitrogens is 3. The largest absolute Gasteiger partial charge is 0.351 e. The van der Waals surface area contributed by atoms with Gasteiger partial charge in [-0.15, -0.1) is 0 Å². The minimum Gasteiger partial charge on any atom is -0.351 e. The van der Waals surface area contributed by atoms with E-state index in [2.05, 4.69) is 63.9 Å². The van der Waals surface area contributed by atoms with Gasteiger partial charge in [-0.3, -0.25) is 20.1 Å². The minimum absolute atomic E-state index is 0.0818. The first kappa shape index (κ1) is 27.6. The molecule has 0 aliphatic carbocycles. The molecule has 6 rings (SSSR count). The van der Waals surface area contributed by atoms with Crippen molar-refractivity contribution < 1.29 is 4.92 Å². The van der Waals surface area contributed by atoms with Crippen LogP contribution >= 0.6 is 24.0 Å². The van der Waals surface area contributed by atoms with E-state index in [0.717, 1.165) is 27.7 Å². The lowest BCUT2D eigenvalue weighted by atomic mass is 9.96. The number of non-ortho nitro benzene ring substituents is 1. The zero-order valence-corrected chi connectivity index (χ0v) is 24.7. The molecule has 0 bridgehead atoms. The highest BCUT2D eigenvalue weighted by atomic mass is 32.2. The Morgan fingerprint density at radius 1 is 0.952 bits per heavy atom. The summed E-state index contributed by atoms with van der Waals surface area (Å²) in [6, 6.07) is 26.9. The van der Waals surface area contributed by atoms with E-state index < -0.39 is 0 Å². The summed E-state index contributed by atoms with van der Waals surface area (Å²) in [4.78, 5) is 23.6. The van der Waals surface area contributed by atoms with Gasteiger partial charge in [-0.05, 0) is 104 Å². The number of rotatable bonds is 8.